The molecule has 0 aliphatic carbocycles. The Kier molecular flexibility index (Phi) is 6.49. The summed E-state index contributed by atoms with van der Waals surface area (Å²) < 4.78 is 0. The topological polar surface area (TPSA) is 12.0 Å². The molecule has 0 aliphatic heterocycles. The molecule has 0 heterocycles. The van der Waals surface area contributed by atoms with Crippen LogP contribution < -0.4 is 5.32 Å². The minimum Gasteiger partial charge on any atom is -0.310 e. The fourth-order valence-corrected chi connectivity index (χ4v) is 2.64. The van der Waals surface area contributed by atoms with Gasteiger partial charge < -0.3 is 5.32 Å². The molecule has 0 fully saturated rings. The van der Waals surface area contributed by atoms with E-state index in [1.807, 2.05) is 0 Å². The van der Waals surface area contributed by atoms with Gasteiger partial charge in [-0.2, -0.15) is 0 Å². The number of hydrogen-bond acceptors (Lipinski definition) is 1. The lowest BCUT2D eigenvalue weighted by atomic mass is 10.0. The molecule has 2 rings (SSSR count). The maximum Gasteiger partial charge on any atom is 0.0291 e. The Morgan fingerprint density at radius 1 is 0.857 bits per heavy atom. The molecule has 1 heteroatoms. The van der Waals surface area contributed by atoms with Gasteiger partial charge in [-0.25, -0.2) is 0 Å². The van der Waals surface area contributed by atoms with Gasteiger partial charge in [-0.1, -0.05) is 67.9 Å². The van der Waals surface area contributed by atoms with Crippen molar-refractivity contribution in [2.45, 2.75) is 45.6 Å². The first-order valence-electron chi connectivity index (χ1n) is 8.15. The van der Waals surface area contributed by atoms with Crippen molar-refractivity contribution in [3.8, 4) is 0 Å². The fourth-order valence-electron chi connectivity index (χ4n) is 2.64. The van der Waals surface area contributed by atoms with Gasteiger partial charge in [0.2, 0.25) is 0 Å². The van der Waals surface area contributed by atoms with E-state index in [0.717, 1.165) is 13.0 Å². The van der Waals surface area contributed by atoms with Gasteiger partial charge in [-0.15, -0.1) is 0 Å². The van der Waals surface area contributed by atoms with Crippen molar-refractivity contribution < 1.29 is 0 Å². The smallest absolute Gasteiger partial charge is 0.0291 e. The highest BCUT2D eigenvalue weighted by Crippen LogP contribution is 2.14. The van der Waals surface area contributed by atoms with Gasteiger partial charge in [0, 0.05) is 6.04 Å². The van der Waals surface area contributed by atoms with Crippen molar-refractivity contribution in [2.24, 2.45) is 0 Å². The highest BCUT2D eigenvalue weighted by atomic mass is 14.9. The van der Waals surface area contributed by atoms with E-state index in [0.29, 0.717) is 6.04 Å². The molecule has 2 aromatic carbocycles. The number of aryl methyl sites for hydroxylation is 2. The third-order valence-electron chi connectivity index (χ3n) is 3.95. The second-order valence-electron chi connectivity index (χ2n) is 5.76. The second-order valence-corrected chi connectivity index (χ2v) is 5.76. The number of rotatable bonds is 8. The van der Waals surface area contributed by atoms with Crippen LogP contribution in [0.3, 0.4) is 0 Å². The molecule has 1 atom stereocenters. The average molecular weight is 281 g/mol. The van der Waals surface area contributed by atoms with Gasteiger partial charge in [-0.05, 0) is 49.4 Å². The molecular formula is C20H27N. The summed E-state index contributed by atoms with van der Waals surface area (Å²) in [6, 6.07) is 20.2. The molecular weight excluding hydrogens is 254 g/mol. The average Bonchev–Trinajstić information content (AvgIpc) is 2.53. The van der Waals surface area contributed by atoms with E-state index in [1.54, 1.807) is 0 Å². The van der Waals surface area contributed by atoms with Crippen molar-refractivity contribution in [1.29, 1.82) is 0 Å². The molecule has 112 valence electrons. The van der Waals surface area contributed by atoms with Gasteiger partial charge in [0.25, 0.3) is 0 Å². The van der Waals surface area contributed by atoms with E-state index in [9.17, 15) is 0 Å². The molecule has 1 nitrogen and oxygen atoms in total. The third-order valence-corrected chi connectivity index (χ3v) is 3.95. The lowest BCUT2D eigenvalue weighted by Gasteiger charge is -2.14. The van der Waals surface area contributed by atoms with Gasteiger partial charge in [-0.3, -0.25) is 0 Å². The van der Waals surface area contributed by atoms with E-state index < -0.39 is 0 Å². The molecule has 1 unspecified atom stereocenters. The summed E-state index contributed by atoms with van der Waals surface area (Å²) in [6.07, 6.45) is 4.73. The number of hydrogen-bond donors (Lipinski definition) is 1. The highest BCUT2D eigenvalue weighted by molar-refractivity contribution is 5.24. The van der Waals surface area contributed by atoms with Crippen LogP contribution in [-0.4, -0.2) is 6.54 Å². The standard InChI is InChI=1S/C20H27N/c1-3-8-18-12-14-20(15-13-18)17(2)21-16-7-11-19-9-5-4-6-10-19/h4-6,9-10,12-15,17,21H,3,7-8,11,16H2,1-2H3. The van der Waals surface area contributed by atoms with Crippen LogP contribution in [0.2, 0.25) is 0 Å². The summed E-state index contributed by atoms with van der Waals surface area (Å²) in [5.41, 5.74) is 4.25. The van der Waals surface area contributed by atoms with Crippen LogP contribution in [0.5, 0.6) is 0 Å². The maximum absolute atomic E-state index is 3.62. The molecule has 0 saturated heterocycles. The molecule has 0 aliphatic rings. The highest BCUT2D eigenvalue weighted by Gasteiger charge is 2.04. The summed E-state index contributed by atoms with van der Waals surface area (Å²) in [7, 11) is 0. The van der Waals surface area contributed by atoms with Crippen LogP contribution in [0.4, 0.5) is 0 Å². The predicted octanol–water partition coefficient (Wildman–Crippen LogP) is 4.92. The zero-order valence-electron chi connectivity index (χ0n) is 13.3. The molecule has 2 aromatic rings. The predicted molar refractivity (Wildman–Crippen MR) is 91.6 cm³/mol. The summed E-state index contributed by atoms with van der Waals surface area (Å²) >= 11 is 0. The Morgan fingerprint density at radius 2 is 1.52 bits per heavy atom. The zero-order chi connectivity index (χ0) is 14.9. The molecule has 0 bridgehead atoms. The Bertz CT molecular complexity index is 501. The van der Waals surface area contributed by atoms with Gasteiger partial charge in [0.15, 0.2) is 0 Å². The normalized spacial score (nSPS) is 12.3. The maximum atomic E-state index is 3.62. The summed E-state index contributed by atoms with van der Waals surface area (Å²) in [4.78, 5) is 0. The Balaban J connectivity index is 1.72. The van der Waals surface area contributed by atoms with Gasteiger partial charge in [0.05, 0.1) is 0 Å². The molecule has 21 heavy (non-hydrogen) atoms. The molecule has 0 spiro atoms. The Labute approximate surface area is 129 Å². The lowest BCUT2D eigenvalue weighted by Crippen LogP contribution is -2.20. The Hall–Kier alpha value is -1.60. The van der Waals surface area contributed by atoms with Crippen LogP contribution in [0, 0.1) is 0 Å². The van der Waals surface area contributed by atoms with Crippen LogP contribution in [0.25, 0.3) is 0 Å². The number of nitrogens with one attached hydrogen (secondary N) is 1. The van der Waals surface area contributed by atoms with Crippen LogP contribution in [-0.2, 0) is 12.8 Å². The molecule has 0 amide bonds. The quantitative estimate of drug-likeness (QED) is 0.677. The van der Waals surface area contributed by atoms with Gasteiger partial charge in [0.1, 0.15) is 0 Å². The van der Waals surface area contributed by atoms with Crippen LogP contribution in [0.15, 0.2) is 54.6 Å². The third kappa shape index (κ3) is 5.35. The van der Waals surface area contributed by atoms with E-state index in [2.05, 4.69) is 73.8 Å². The van der Waals surface area contributed by atoms with E-state index in [1.165, 1.54) is 36.0 Å². The lowest BCUT2D eigenvalue weighted by molar-refractivity contribution is 0.558. The summed E-state index contributed by atoms with van der Waals surface area (Å²) in [5.74, 6) is 0. The van der Waals surface area contributed by atoms with Crippen LogP contribution >= 0.6 is 0 Å². The van der Waals surface area contributed by atoms with Crippen molar-refractivity contribution in [3.63, 3.8) is 0 Å². The first-order chi connectivity index (χ1) is 10.3. The van der Waals surface area contributed by atoms with Crippen molar-refractivity contribution in [3.05, 3.63) is 71.3 Å². The minimum atomic E-state index is 0.427. The van der Waals surface area contributed by atoms with E-state index >= 15 is 0 Å². The largest absolute Gasteiger partial charge is 0.310 e. The van der Waals surface area contributed by atoms with Crippen molar-refractivity contribution >= 4 is 0 Å². The summed E-state index contributed by atoms with van der Waals surface area (Å²) in [6.45, 7) is 5.54. The van der Waals surface area contributed by atoms with Crippen molar-refractivity contribution in [1.82, 2.24) is 5.32 Å². The van der Waals surface area contributed by atoms with E-state index in [-0.39, 0.29) is 0 Å². The monoisotopic (exact) mass is 281 g/mol. The van der Waals surface area contributed by atoms with E-state index in [4.69, 9.17) is 0 Å². The Morgan fingerprint density at radius 3 is 2.19 bits per heavy atom. The first kappa shape index (κ1) is 15.8. The molecule has 0 radical (unpaired) electrons. The second kappa shape index (κ2) is 8.63. The zero-order valence-corrected chi connectivity index (χ0v) is 13.3. The fraction of sp³-hybridized carbons (Fsp3) is 0.400. The summed E-state index contributed by atoms with van der Waals surface area (Å²) in [5, 5.41) is 3.62. The SMILES string of the molecule is CCCc1ccc(C(C)NCCCc2ccccc2)cc1. The molecule has 1 N–H and O–H groups in total. The molecule has 0 aromatic heterocycles. The first-order valence-corrected chi connectivity index (χ1v) is 8.15. The van der Waals surface area contributed by atoms with Crippen molar-refractivity contribution in [2.75, 3.05) is 6.54 Å². The molecule has 0 saturated carbocycles. The minimum absolute atomic E-state index is 0.427. The number of benzene rings is 2. The van der Waals surface area contributed by atoms with Gasteiger partial charge >= 0.3 is 0 Å². The van der Waals surface area contributed by atoms with Crippen LogP contribution in [0.1, 0.15) is 49.4 Å².